The number of aryl methyl sites for hydroxylation is 1. The fourth-order valence-electron chi connectivity index (χ4n) is 2.72. The van der Waals surface area contributed by atoms with E-state index >= 15 is 0 Å². The maximum atomic E-state index is 12.4. The molecule has 1 aliphatic rings. The van der Waals surface area contributed by atoms with Gasteiger partial charge in [0.05, 0.1) is 11.9 Å². The van der Waals surface area contributed by atoms with Gasteiger partial charge in [0.25, 0.3) is 10.0 Å². The van der Waals surface area contributed by atoms with E-state index in [-0.39, 0.29) is 0 Å². The van der Waals surface area contributed by atoms with Gasteiger partial charge in [0.15, 0.2) is 0 Å². The first kappa shape index (κ1) is 16.3. The van der Waals surface area contributed by atoms with Crippen LogP contribution in [-0.4, -0.2) is 19.4 Å². The lowest BCUT2D eigenvalue weighted by Gasteiger charge is -2.13. The number of rotatable bonds is 6. The topological polar surface area (TPSA) is 71.1 Å². The fraction of sp³-hybridized carbons (Fsp3) is 0.438. The summed E-state index contributed by atoms with van der Waals surface area (Å²) in [5, 5.41) is 3.39. The van der Waals surface area contributed by atoms with E-state index in [1.165, 1.54) is 37.0 Å². The Labute approximate surface area is 141 Å². The Morgan fingerprint density at radius 1 is 1.22 bits per heavy atom. The molecule has 0 unspecified atom stereocenters. The van der Waals surface area contributed by atoms with E-state index < -0.39 is 10.0 Å². The number of nitrogens with zero attached hydrogens (tertiary/aromatic N) is 1. The summed E-state index contributed by atoms with van der Waals surface area (Å²) >= 11 is 1.30. The smallest absolute Gasteiger partial charge is 0.271 e. The van der Waals surface area contributed by atoms with Gasteiger partial charge in [-0.1, -0.05) is 19.8 Å². The van der Waals surface area contributed by atoms with Gasteiger partial charge in [-0.2, -0.15) is 0 Å². The van der Waals surface area contributed by atoms with Crippen LogP contribution in [0.4, 0.5) is 11.5 Å². The predicted molar refractivity (Wildman–Crippen MR) is 94.6 cm³/mol. The molecule has 0 bridgehead atoms. The van der Waals surface area contributed by atoms with Crippen LogP contribution in [0.5, 0.6) is 0 Å². The van der Waals surface area contributed by atoms with Crippen molar-refractivity contribution < 1.29 is 8.42 Å². The number of thiophene rings is 1. The van der Waals surface area contributed by atoms with Crippen molar-refractivity contribution in [1.29, 1.82) is 0 Å². The molecule has 1 saturated carbocycles. The van der Waals surface area contributed by atoms with Gasteiger partial charge in [0, 0.05) is 10.9 Å². The van der Waals surface area contributed by atoms with E-state index in [9.17, 15) is 8.42 Å². The molecule has 1 fully saturated rings. The first-order chi connectivity index (χ1) is 11.1. The summed E-state index contributed by atoms with van der Waals surface area (Å²) in [6, 6.07) is 7.56. The zero-order valence-corrected chi connectivity index (χ0v) is 14.7. The van der Waals surface area contributed by atoms with Gasteiger partial charge in [-0.25, -0.2) is 13.4 Å². The molecule has 7 heteroatoms. The molecule has 3 rings (SSSR count). The quantitative estimate of drug-likeness (QED) is 0.829. The summed E-state index contributed by atoms with van der Waals surface area (Å²) in [6.07, 6.45) is 7.26. The minimum atomic E-state index is -3.53. The van der Waals surface area contributed by atoms with Crippen molar-refractivity contribution in [1.82, 2.24) is 4.98 Å². The highest BCUT2D eigenvalue weighted by molar-refractivity contribution is 7.94. The first-order valence-electron chi connectivity index (χ1n) is 7.91. The lowest BCUT2D eigenvalue weighted by molar-refractivity contribution is 0.603. The molecule has 23 heavy (non-hydrogen) atoms. The van der Waals surface area contributed by atoms with Crippen LogP contribution >= 0.6 is 11.3 Å². The number of sulfonamides is 1. The molecule has 5 nitrogen and oxygen atoms in total. The highest BCUT2D eigenvalue weighted by Crippen LogP contribution is 2.25. The molecule has 0 aliphatic heterocycles. The second kappa shape index (κ2) is 6.88. The molecular formula is C16H21N3O2S2. The summed E-state index contributed by atoms with van der Waals surface area (Å²) in [6.45, 7) is 2.01. The second-order valence-electron chi connectivity index (χ2n) is 5.74. The van der Waals surface area contributed by atoms with Crippen molar-refractivity contribution in [2.45, 2.75) is 49.3 Å². The number of pyridine rings is 1. The van der Waals surface area contributed by atoms with Crippen molar-refractivity contribution in [3.8, 4) is 0 Å². The third-order valence-corrected chi connectivity index (χ3v) is 7.08. The van der Waals surface area contributed by atoms with E-state index in [0.29, 0.717) is 15.9 Å². The lowest BCUT2D eigenvalue weighted by atomic mass is 10.2. The van der Waals surface area contributed by atoms with Crippen LogP contribution in [0.3, 0.4) is 0 Å². The Morgan fingerprint density at radius 3 is 2.61 bits per heavy atom. The second-order valence-corrected chi connectivity index (χ2v) is 8.82. The van der Waals surface area contributed by atoms with Gasteiger partial charge in [-0.3, -0.25) is 4.72 Å². The van der Waals surface area contributed by atoms with Crippen molar-refractivity contribution >= 4 is 32.9 Å². The lowest BCUT2D eigenvalue weighted by Crippen LogP contribution is -2.16. The summed E-state index contributed by atoms with van der Waals surface area (Å²) in [5.41, 5.74) is 0.480. The number of nitrogens with one attached hydrogen (secondary N) is 2. The SMILES string of the molecule is CCc1ccc(S(=O)(=O)Nc2ccc(NC3CCCC3)nc2)s1. The van der Waals surface area contributed by atoms with Gasteiger partial charge >= 0.3 is 0 Å². The molecule has 0 aromatic carbocycles. The Hall–Kier alpha value is -1.60. The molecule has 1 aliphatic carbocycles. The van der Waals surface area contributed by atoms with Crippen molar-refractivity contribution in [2.75, 3.05) is 10.0 Å². The molecule has 2 aromatic rings. The van der Waals surface area contributed by atoms with Crippen LogP contribution in [0.1, 0.15) is 37.5 Å². The average Bonchev–Trinajstić information content (AvgIpc) is 3.20. The Bertz CT molecular complexity index is 748. The number of hydrogen-bond acceptors (Lipinski definition) is 5. The third kappa shape index (κ3) is 4.03. The van der Waals surface area contributed by atoms with Crippen LogP contribution in [-0.2, 0) is 16.4 Å². The van der Waals surface area contributed by atoms with Crippen LogP contribution in [0.2, 0.25) is 0 Å². The molecule has 2 aromatic heterocycles. The van der Waals surface area contributed by atoms with Crippen molar-refractivity contribution in [2.24, 2.45) is 0 Å². The molecule has 2 N–H and O–H groups in total. The number of hydrogen-bond donors (Lipinski definition) is 2. The average molecular weight is 351 g/mol. The molecule has 0 radical (unpaired) electrons. The van der Waals surface area contributed by atoms with Crippen LogP contribution in [0.15, 0.2) is 34.7 Å². The summed E-state index contributed by atoms with van der Waals surface area (Å²) in [4.78, 5) is 5.36. The minimum Gasteiger partial charge on any atom is -0.367 e. The molecule has 0 spiro atoms. The van der Waals surface area contributed by atoms with E-state index in [0.717, 1.165) is 17.1 Å². The summed E-state index contributed by atoms with van der Waals surface area (Å²) < 4.78 is 27.6. The molecule has 0 amide bonds. The predicted octanol–water partition coefficient (Wildman–Crippen LogP) is 3.86. The van der Waals surface area contributed by atoms with Crippen LogP contribution in [0.25, 0.3) is 0 Å². The monoisotopic (exact) mass is 351 g/mol. The summed E-state index contributed by atoms with van der Waals surface area (Å²) in [7, 11) is -3.53. The van der Waals surface area contributed by atoms with Crippen LogP contribution in [0, 0.1) is 0 Å². The van der Waals surface area contributed by atoms with E-state index in [2.05, 4.69) is 15.0 Å². The maximum Gasteiger partial charge on any atom is 0.271 e. The standard InChI is InChI=1S/C16H21N3O2S2/c1-2-14-8-10-16(22-14)23(20,21)19-13-7-9-15(17-11-13)18-12-5-3-4-6-12/h7-12,19H,2-6H2,1H3,(H,17,18). The molecule has 0 saturated heterocycles. The van der Waals surface area contributed by atoms with Gasteiger partial charge < -0.3 is 5.32 Å². The maximum absolute atomic E-state index is 12.4. The van der Waals surface area contributed by atoms with E-state index in [1.54, 1.807) is 18.3 Å². The number of aromatic nitrogens is 1. The van der Waals surface area contributed by atoms with Gasteiger partial charge in [0.1, 0.15) is 10.0 Å². The van der Waals surface area contributed by atoms with E-state index in [1.807, 2.05) is 19.1 Å². The Morgan fingerprint density at radius 2 is 2.00 bits per heavy atom. The normalized spacial score (nSPS) is 15.7. The van der Waals surface area contributed by atoms with Gasteiger partial charge in [0.2, 0.25) is 0 Å². The van der Waals surface area contributed by atoms with Crippen LogP contribution < -0.4 is 10.0 Å². The highest BCUT2D eigenvalue weighted by Gasteiger charge is 2.18. The fourth-order valence-corrected chi connectivity index (χ4v) is 5.06. The van der Waals surface area contributed by atoms with Gasteiger partial charge in [-0.15, -0.1) is 11.3 Å². The number of anilines is 2. The Kier molecular flexibility index (Phi) is 4.87. The largest absolute Gasteiger partial charge is 0.367 e. The van der Waals surface area contributed by atoms with Crippen molar-refractivity contribution in [3.63, 3.8) is 0 Å². The van der Waals surface area contributed by atoms with Crippen molar-refractivity contribution in [3.05, 3.63) is 35.3 Å². The third-order valence-electron chi connectivity index (χ3n) is 3.97. The first-order valence-corrected chi connectivity index (χ1v) is 10.2. The van der Waals surface area contributed by atoms with Gasteiger partial charge in [-0.05, 0) is 43.5 Å². The molecule has 0 atom stereocenters. The van der Waals surface area contributed by atoms with E-state index in [4.69, 9.17) is 0 Å². The molecule has 124 valence electrons. The zero-order chi connectivity index (χ0) is 16.3. The molecule has 2 heterocycles. The minimum absolute atomic E-state index is 0.336. The zero-order valence-electron chi connectivity index (χ0n) is 13.1. The molecular weight excluding hydrogens is 330 g/mol. The summed E-state index contributed by atoms with van der Waals surface area (Å²) in [5.74, 6) is 0.796. The Balaban J connectivity index is 1.67. The highest BCUT2D eigenvalue weighted by atomic mass is 32.2.